The summed E-state index contributed by atoms with van der Waals surface area (Å²) in [4.78, 5) is 0. The summed E-state index contributed by atoms with van der Waals surface area (Å²) in [7, 11) is 0. The molecule has 0 unspecified atom stereocenters. The van der Waals surface area contributed by atoms with Gasteiger partial charge in [-0.25, -0.2) is 0 Å². The van der Waals surface area contributed by atoms with Crippen LogP contribution in [0.3, 0.4) is 0 Å². The van der Waals surface area contributed by atoms with Crippen molar-refractivity contribution < 1.29 is 0 Å². The van der Waals surface area contributed by atoms with E-state index in [4.69, 9.17) is 0 Å². The van der Waals surface area contributed by atoms with Gasteiger partial charge in [0.05, 0.1) is 0 Å². The molecule has 0 radical (unpaired) electrons. The van der Waals surface area contributed by atoms with E-state index in [1.807, 2.05) is 13.8 Å². The van der Waals surface area contributed by atoms with Crippen molar-refractivity contribution in [2.24, 2.45) is 0 Å². The van der Waals surface area contributed by atoms with Crippen LogP contribution in [0.2, 0.25) is 0 Å². The van der Waals surface area contributed by atoms with Gasteiger partial charge in [0.2, 0.25) is 0 Å². The van der Waals surface area contributed by atoms with Crippen molar-refractivity contribution >= 4 is 20.0 Å². The summed E-state index contributed by atoms with van der Waals surface area (Å²) in [5.41, 5.74) is 0. The Labute approximate surface area is 34.6 Å². The zero-order valence-electron chi connectivity index (χ0n) is 2.91. The van der Waals surface area contributed by atoms with Gasteiger partial charge < -0.3 is 0 Å². The first-order chi connectivity index (χ1) is 1.73. The molecule has 0 aliphatic heterocycles. The third-order valence-corrected chi connectivity index (χ3v) is 0. The molecule has 0 aromatic heterocycles. The molecule has 0 rings (SSSR count). The van der Waals surface area contributed by atoms with Crippen LogP contribution in [0.25, 0.3) is 0 Å². The molecule has 0 saturated heterocycles. The monoisotopic (exact) mass is 122 g/mol. The van der Waals surface area contributed by atoms with E-state index in [-0.39, 0.29) is 0 Å². The van der Waals surface area contributed by atoms with Gasteiger partial charge in [-0.3, -0.25) is 0 Å². The molecule has 0 nitrogen and oxygen atoms in total. The molecule has 24 valence electrons. The molecular weight excluding hydrogens is 115 g/mol. The molecule has 0 saturated carbocycles. The Morgan fingerprint density at radius 3 is 1.50 bits per heavy atom. The molecule has 0 aliphatic rings. The quantitative estimate of drug-likeness (QED) is 0.406. The Hall–Kier alpha value is 0.389. The van der Waals surface area contributed by atoms with Gasteiger partial charge in [-0.1, -0.05) is 0 Å². The SMILES string of the molecule is CC(C)=[Se]. The summed E-state index contributed by atoms with van der Waals surface area (Å²) in [6.07, 6.45) is 0. The van der Waals surface area contributed by atoms with Crippen LogP contribution in [0, 0.1) is 0 Å². The van der Waals surface area contributed by atoms with E-state index in [0.29, 0.717) is 0 Å². The van der Waals surface area contributed by atoms with E-state index in [9.17, 15) is 0 Å². The van der Waals surface area contributed by atoms with Crippen LogP contribution >= 0.6 is 0 Å². The van der Waals surface area contributed by atoms with Crippen molar-refractivity contribution in [1.29, 1.82) is 0 Å². The van der Waals surface area contributed by atoms with Gasteiger partial charge in [-0.2, -0.15) is 0 Å². The van der Waals surface area contributed by atoms with Gasteiger partial charge in [0, 0.05) is 0 Å². The van der Waals surface area contributed by atoms with Crippen molar-refractivity contribution in [3.63, 3.8) is 0 Å². The third kappa shape index (κ3) is 30.4. The van der Waals surface area contributed by atoms with Gasteiger partial charge in [0.15, 0.2) is 0 Å². The Bertz CT molecular complexity index is 26.3. The molecule has 0 heterocycles. The van der Waals surface area contributed by atoms with E-state index in [2.05, 4.69) is 15.6 Å². The fourth-order valence-electron chi connectivity index (χ4n) is 0. The van der Waals surface area contributed by atoms with Crippen molar-refractivity contribution in [2.45, 2.75) is 13.8 Å². The molecule has 0 fully saturated rings. The van der Waals surface area contributed by atoms with Gasteiger partial charge >= 0.3 is 33.8 Å². The first-order valence-corrected chi connectivity index (χ1v) is 2.06. The maximum atomic E-state index is 2.82. The molecule has 0 aromatic carbocycles. The molecule has 0 amide bonds. The first-order valence-electron chi connectivity index (χ1n) is 1.20. The standard InChI is InChI=1S/C3H6Se/c1-3(2)4/h1-2H3. The van der Waals surface area contributed by atoms with Crippen LogP contribution in [0.1, 0.15) is 13.8 Å². The van der Waals surface area contributed by atoms with Crippen LogP contribution in [-0.2, 0) is 0 Å². The molecule has 0 atom stereocenters. The molecule has 4 heavy (non-hydrogen) atoms. The Kier molecular flexibility index (Phi) is 1.85. The topological polar surface area (TPSA) is 0 Å². The van der Waals surface area contributed by atoms with Crippen LogP contribution in [0.4, 0.5) is 0 Å². The normalized spacial score (nSPS) is 6.50. The van der Waals surface area contributed by atoms with Crippen LogP contribution in [0.15, 0.2) is 0 Å². The van der Waals surface area contributed by atoms with Crippen molar-refractivity contribution in [1.82, 2.24) is 0 Å². The molecule has 0 aromatic rings. The van der Waals surface area contributed by atoms with Crippen molar-refractivity contribution in [3.05, 3.63) is 0 Å². The Balaban J connectivity index is 2.80. The molecule has 0 spiro atoms. The third-order valence-electron chi connectivity index (χ3n) is 0. The van der Waals surface area contributed by atoms with Gasteiger partial charge in [-0.15, -0.1) is 0 Å². The molecule has 0 N–H and O–H groups in total. The summed E-state index contributed by atoms with van der Waals surface area (Å²) in [5.74, 6) is 0. The minimum atomic E-state index is 1.29. The maximum absolute atomic E-state index is 2.82. The van der Waals surface area contributed by atoms with E-state index in [0.717, 1.165) is 0 Å². The van der Waals surface area contributed by atoms with Crippen LogP contribution in [0.5, 0.6) is 0 Å². The fourth-order valence-corrected chi connectivity index (χ4v) is 0. The number of hydrogen-bond donors (Lipinski definition) is 0. The zero-order valence-corrected chi connectivity index (χ0v) is 4.62. The molecular formula is C3H6Se. The summed E-state index contributed by atoms with van der Waals surface area (Å²) in [5, 5.41) is 0. The Morgan fingerprint density at radius 2 is 1.50 bits per heavy atom. The minimum absolute atomic E-state index is 1.29. The van der Waals surface area contributed by atoms with Crippen LogP contribution < -0.4 is 0 Å². The van der Waals surface area contributed by atoms with Crippen molar-refractivity contribution in [3.8, 4) is 0 Å². The second-order valence-electron chi connectivity index (χ2n) is 0.908. The van der Waals surface area contributed by atoms with E-state index < -0.39 is 0 Å². The van der Waals surface area contributed by atoms with E-state index in [1.54, 1.807) is 0 Å². The Morgan fingerprint density at radius 1 is 1.50 bits per heavy atom. The van der Waals surface area contributed by atoms with E-state index >= 15 is 0 Å². The number of rotatable bonds is 0. The van der Waals surface area contributed by atoms with Crippen LogP contribution in [-0.4, -0.2) is 20.0 Å². The predicted molar refractivity (Wildman–Crippen MR) is 22.1 cm³/mol. The first kappa shape index (κ1) is 4.39. The summed E-state index contributed by atoms with van der Waals surface area (Å²) in [6, 6.07) is 0. The number of hydrogen-bond acceptors (Lipinski definition) is 0. The summed E-state index contributed by atoms with van der Waals surface area (Å²) >= 11 is 2.82. The van der Waals surface area contributed by atoms with Gasteiger partial charge in [-0.05, 0) is 0 Å². The average molecular weight is 121 g/mol. The average Bonchev–Trinajstić information content (AvgIpc) is 0.811. The molecule has 0 aliphatic carbocycles. The molecule has 1 heteroatoms. The second-order valence-corrected chi connectivity index (χ2v) is 2.62. The molecule has 0 bridgehead atoms. The van der Waals surface area contributed by atoms with E-state index in [1.165, 1.54) is 4.42 Å². The van der Waals surface area contributed by atoms with Gasteiger partial charge in [0.1, 0.15) is 0 Å². The zero-order chi connectivity index (χ0) is 3.58. The second kappa shape index (κ2) is 1.68. The van der Waals surface area contributed by atoms with Crippen molar-refractivity contribution in [2.75, 3.05) is 0 Å². The predicted octanol–water partition coefficient (Wildman–Crippen LogP) is 0.367. The summed E-state index contributed by atoms with van der Waals surface area (Å²) in [6.45, 7) is 4.06. The fraction of sp³-hybridized carbons (Fsp3) is 0.667. The summed E-state index contributed by atoms with van der Waals surface area (Å²) < 4.78 is 1.29. The van der Waals surface area contributed by atoms with Gasteiger partial charge in [0.25, 0.3) is 0 Å².